The van der Waals surface area contributed by atoms with Gasteiger partial charge in [0, 0.05) is 30.3 Å². The molecule has 2 aromatic carbocycles. The van der Waals surface area contributed by atoms with Gasteiger partial charge < -0.3 is 4.57 Å². The Hall–Kier alpha value is -2.35. The molecule has 0 radical (unpaired) electrons. The van der Waals surface area contributed by atoms with Crippen LogP contribution in [-0.2, 0) is 18.4 Å². The van der Waals surface area contributed by atoms with Crippen molar-refractivity contribution in [1.29, 1.82) is 0 Å². The maximum absolute atomic E-state index is 5.06. The standard InChI is InChI=1S/C35H52N2/c1-4-6-8-10-11-12-13-21-28-37-29-27-36-34(37)33(26-20-9-7-5-2)35(3,32-24-18-15-19-25-32)30-31-22-16-14-17-23-31/h14-19,22-25,27,29,33H,4-13,20-21,26,28,30H2,1-3H3. The van der Waals surface area contributed by atoms with E-state index in [-0.39, 0.29) is 5.41 Å². The molecule has 202 valence electrons. The summed E-state index contributed by atoms with van der Waals surface area (Å²) >= 11 is 0. The van der Waals surface area contributed by atoms with E-state index in [2.05, 4.69) is 92.2 Å². The number of hydrogen-bond acceptors (Lipinski definition) is 1. The zero-order valence-corrected chi connectivity index (χ0v) is 24.0. The number of unbranched alkanes of at least 4 members (excludes halogenated alkanes) is 10. The number of nitrogens with zero attached hydrogens (tertiary/aromatic N) is 2. The highest BCUT2D eigenvalue weighted by molar-refractivity contribution is 5.33. The summed E-state index contributed by atoms with van der Waals surface area (Å²) in [6.45, 7) is 8.18. The second-order valence-corrected chi connectivity index (χ2v) is 11.3. The first-order valence-electron chi connectivity index (χ1n) is 15.3. The summed E-state index contributed by atoms with van der Waals surface area (Å²) in [7, 11) is 0. The van der Waals surface area contributed by atoms with Crippen molar-refractivity contribution in [1.82, 2.24) is 9.55 Å². The average Bonchev–Trinajstić information content (AvgIpc) is 3.39. The molecule has 0 saturated carbocycles. The molecule has 0 spiro atoms. The van der Waals surface area contributed by atoms with Gasteiger partial charge in [0.2, 0.25) is 0 Å². The van der Waals surface area contributed by atoms with Gasteiger partial charge in [0.25, 0.3) is 0 Å². The highest BCUT2D eigenvalue weighted by atomic mass is 15.1. The summed E-state index contributed by atoms with van der Waals surface area (Å²) in [6.07, 6.45) is 22.5. The average molecular weight is 501 g/mol. The van der Waals surface area contributed by atoms with Crippen LogP contribution in [0.25, 0.3) is 0 Å². The van der Waals surface area contributed by atoms with Crippen LogP contribution in [-0.4, -0.2) is 9.55 Å². The van der Waals surface area contributed by atoms with Crippen molar-refractivity contribution in [3.63, 3.8) is 0 Å². The highest BCUT2D eigenvalue weighted by Crippen LogP contribution is 2.44. The molecule has 2 atom stereocenters. The molecule has 0 amide bonds. The first kappa shape index (κ1) is 29.2. The predicted molar refractivity (Wildman–Crippen MR) is 160 cm³/mol. The quantitative estimate of drug-likeness (QED) is 0.150. The fourth-order valence-electron chi connectivity index (χ4n) is 6.01. The van der Waals surface area contributed by atoms with Gasteiger partial charge in [0.1, 0.15) is 5.82 Å². The van der Waals surface area contributed by atoms with Crippen LogP contribution in [0.3, 0.4) is 0 Å². The molecule has 0 aliphatic rings. The molecular weight excluding hydrogens is 448 g/mol. The van der Waals surface area contributed by atoms with E-state index in [1.165, 1.54) is 100 Å². The number of imidazole rings is 1. The zero-order valence-electron chi connectivity index (χ0n) is 24.0. The summed E-state index contributed by atoms with van der Waals surface area (Å²) < 4.78 is 2.49. The lowest BCUT2D eigenvalue weighted by Crippen LogP contribution is -2.35. The third kappa shape index (κ3) is 9.16. The van der Waals surface area contributed by atoms with E-state index in [9.17, 15) is 0 Å². The Morgan fingerprint density at radius 1 is 0.703 bits per heavy atom. The molecule has 0 fully saturated rings. The minimum atomic E-state index is -0.0167. The van der Waals surface area contributed by atoms with Crippen LogP contribution >= 0.6 is 0 Å². The van der Waals surface area contributed by atoms with Gasteiger partial charge in [-0.3, -0.25) is 0 Å². The van der Waals surface area contributed by atoms with Crippen molar-refractivity contribution in [3.8, 4) is 0 Å². The largest absolute Gasteiger partial charge is 0.335 e. The van der Waals surface area contributed by atoms with Gasteiger partial charge in [-0.05, 0) is 30.4 Å². The lowest BCUT2D eigenvalue weighted by molar-refractivity contribution is 0.322. The maximum Gasteiger partial charge on any atom is 0.112 e. The van der Waals surface area contributed by atoms with Crippen LogP contribution in [0.5, 0.6) is 0 Å². The van der Waals surface area contributed by atoms with Crippen molar-refractivity contribution in [2.45, 2.75) is 129 Å². The molecule has 2 heteroatoms. The van der Waals surface area contributed by atoms with Gasteiger partial charge in [-0.15, -0.1) is 0 Å². The van der Waals surface area contributed by atoms with Crippen molar-refractivity contribution in [2.75, 3.05) is 0 Å². The van der Waals surface area contributed by atoms with E-state index in [4.69, 9.17) is 4.98 Å². The molecule has 3 aromatic rings. The van der Waals surface area contributed by atoms with Gasteiger partial charge in [0.05, 0.1) is 0 Å². The van der Waals surface area contributed by atoms with Crippen molar-refractivity contribution < 1.29 is 0 Å². The predicted octanol–water partition coefficient (Wildman–Crippen LogP) is 10.3. The Morgan fingerprint density at radius 3 is 1.92 bits per heavy atom. The lowest BCUT2D eigenvalue weighted by Gasteiger charge is -2.39. The molecule has 0 saturated heterocycles. The van der Waals surface area contributed by atoms with Crippen LogP contribution in [0.15, 0.2) is 73.1 Å². The minimum Gasteiger partial charge on any atom is -0.335 e. The molecule has 1 heterocycles. The van der Waals surface area contributed by atoms with E-state index in [1.54, 1.807) is 0 Å². The Kier molecular flexibility index (Phi) is 13.0. The Balaban J connectivity index is 1.81. The lowest BCUT2D eigenvalue weighted by atomic mass is 9.66. The van der Waals surface area contributed by atoms with Gasteiger partial charge in [-0.25, -0.2) is 4.98 Å². The normalized spacial score (nSPS) is 13.9. The topological polar surface area (TPSA) is 17.8 Å². The van der Waals surface area contributed by atoms with Gasteiger partial charge in [0.15, 0.2) is 0 Å². The van der Waals surface area contributed by atoms with Crippen LogP contribution in [0.2, 0.25) is 0 Å². The number of benzene rings is 2. The van der Waals surface area contributed by atoms with E-state index >= 15 is 0 Å². The monoisotopic (exact) mass is 500 g/mol. The summed E-state index contributed by atoms with van der Waals surface area (Å²) in [6, 6.07) is 22.3. The SMILES string of the molecule is CCCCCCCCCCn1ccnc1C(CCCCCC)C(C)(Cc1ccccc1)c1ccccc1. The van der Waals surface area contributed by atoms with Crippen molar-refractivity contribution in [3.05, 3.63) is 90.0 Å². The molecule has 1 aromatic heterocycles. The molecule has 2 unspecified atom stereocenters. The number of aromatic nitrogens is 2. The number of hydrogen-bond donors (Lipinski definition) is 0. The molecule has 0 bridgehead atoms. The van der Waals surface area contributed by atoms with Crippen LogP contribution in [0.4, 0.5) is 0 Å². The van der Waals surface area contributed by atoms with Gasteiger partial charge in [-0.2, -0.15) is 0 Å². The zero-order chi connectivity index (χ0) is 26.2. The fourth-order valence-corrected chi connectivity index (χ4v) is 6.01. The summed E-state index contributed by atoms with van der Waals surface area (Å²) in [5.74, 6) is 1.68. The molecule has 2 nitrogen and oxygen atoms in total. The smallest absolute Gasteiger partial charge is 0.112 e. The molecule has 3 rings (SSSR count). The van der Waals surface area contributed by atoms with Gasteiger partial charge >= 0.3 is 0 Å². The Bertz CT molecular complexity index is 961. The van der Waals surface area contributed by atoms with Crippen LogP contribution < -0.4 is 0 Å². The summed E-state index contributed by atoms with van der Waals surface area (Å²) in [4.78, 5) is 5.06. The van der Waals surface area contributed by atoms with Crippen LogP contribution in [0.1, 0.15) is 127 Å². The molecule has 37 heavy (non-hydrogen) atoms. The highest BCUT2D eigenvalue weighted by Gasteiger charge is 2.39. The summed E-state index contributed by atoms with van der Waals surface area (Å²) in [5, 5.41) is 0. The van der Waals surface area contributed by atoms with E-state index < -0.39 is 0 Å². The van der Waals surface area contributed by atoms with E-state index in [0.29, 0.717) is 5.92 Å². The molecule has 0 aliphatic carbocycles. The number of aryl methyl sites for hydroxylation is 1. The number of rotatable bonds is 19. The first-order valence-corrected chi connectivity index (χ1v) is 15.3. The Labute approximate surface area is 227 Å². The molecule has 0 aliphatic heterocycles. The van der Waals surface area contributed by atoms with E-state index in [0.717, 1.165) is 13.0 Å². The third-order valence-electron chi connectivity index (χ3n) is 8.27. The van der Waals surface area contributed by atoms with Crippen molar-refractivity contribution in [2.24, 2.45) is 0 Å². The fraction of sp³-hybridized carbons (Fsp3) is 0.571. The Morgan fingerprint density at radius 2 is 1.27 bits per heavy atom. The molecule has 0 N–H and O–H groups in total. The second kappa shape index (κ2) is 16.5. The minimum absolute atomic E-state index is 0.0167. The summed E-state index contributed by atoms with van der Waals surface area (Å²) in [5.41, 5.74) is 2.83. The third-order valence-corrected chi connectivity index (χ3v) is 8.27. The maximum atomic E-state index is 5.06. The van der Waals surface area contributed by atoms with Gasteiger partial charge in [-0.1, -0.05) is 152 Å². The van der Waals surface area contributed by atoms with Crippen molar-refractivity contribution >= 4 is 0 Å². The van der Waals surface area contributed by atoms with Crippen LogP contribution in [0, 0.1) is 0 Å². The molecular formula is C35H52N2. The second-order valence-electron chi connectivity index (χ2n) is 11.3. The van der Waals surface area contributed by atoms with E-state index in [1.807, 2.05) is 6.20 Å². The first-order chi connectivity index (χ1) is 18.2.